The summed E-state index contributed by atoms with van der Waals surface area (Å²) in [5, 5.41) is 4.07. The molecule has 2 heterocycles. The number of aromatic nitrogens is 1. The molecule has 2 aromatic rings. The summed E-state index contributed by atoms with van der Waals surface area (Å²) < 4.78 is 4.66. The third kappa shape index (κ3) is 3.13. The summed E-state index contributed by atoms with van der Waals surface area (Å²) in [7, 11) is 1.33. The Morgan fingerprint density at radius 2 is 2.15 bits per heavy atom. The minimum Gasteiger partial charge on any atom is -0.465 e. The van der Waals surface area contributed by atoms with E-state index in [-0.39, 0.29) is 11.2 Å². The SMILES string of the molecule is COC(=O)c1sc(NC(C)c2cc(C)sc2C)nc1Cl. The largest absolute Gasteiger partial charge is 0.465 e. The molecule has 0 amide bonds. The first-order chi connectivity index (χ1) is 9.42. The highest BCUT2D eigenvalue weighted by molar-refractivity contribution is 7.18. The molecule has 1 unspecified atom stereocenters. The third-order valence-corrected chi connectivity index (χ3v) is 5.18. The Labute approximate surface area is 130 Å². The molecule has 20 heavy (non-hydrogen) atoms. The zero-order chi connectivity index (χ0) is 14.9. The topological polar surface area (TPSA) is 51.2 Å². The lowest BCUT2D eigenvalue weighted by Crippen LogP contribution is -2.06. The van der Waals surface area contributed by atoms with Gasteiger partial charge in [0.15, 0.2) is 15.2 Å². The average Bonchev–Trinajstić information content (AvgIpc) is 2.91. The van der Waals surface area contributed by atoms with Crippen LogP contribution in [0.15, 0.2) is 6.07 Å². The van der Waals surface area contributed by atoms with Crippen molar-refractivity contribution in [2.24, 2.45) is 0 Å². The van der Waals surface area contributed by atoms with Gasteiger partial charge in [0.2, 0.25) is 0 Å². The number of ether oxygens (including phenoxy) is 1. The number of methoxy groups -OCH3 is 1. The Morgan fingerprint density at radius 3 is 2.70 bits per heavy atom. The van der Waals surface area contributed by atoms with Crippen molar-refractivity contribution in [1.29, 1.82) is 0 Å². The fraction of sp³-hybridized carbons (Fsp3) is 0.385. The maximum Gasteiger partial charge on any atom is 0.351 e. The summed E-state index contributed by atoms with van der Waals surface area (Å²) in [6.45, 7) is 6.24. The Hall–Kier alpha value is -1.11. The van der Waals surface area contributed by atoms with Crippen molar-refractivity contribution >= 4 is 45.4 Å². The van der Waals surface area contributed by atoms with Crippen LogP contribution in [0.4, 0.5) is 5.13 Å². The highest BCUT2D eigenvalue weighted by atomic mass is 35.5. The van der Waals surface area contributed by atoms with Gasteiger partial charge in [0.1, 0.15) is 0 Å². The molecule has 0 aromatic carbocycles. The van der Waals surface area contributed by atoms with Crippen molar-refractivity contribution in [3.8, 4) is 0 Å². The molecule has 0 aliphatic heterocycles. The van der Waals surface area contributed by atoms with Crippen molar-refractivity contribution in [3.05, 3.63) is 31.4 Å². The molecule has 0 saturated heterocycles. The van der Waals surface area contributed by atoms with Crippen LogP contribution >= 0.6 is 34.3 Å². The fourth-order valence-corrected chi connectivity index (χ4v) is 4.14. The molecule has 1 atom stereocenters. The second-order valence-electron chi connectivity index (χ2n) is 4.37. The van der Waals surface area contributed by atoms with Crippen LogP contribution in [0.2, 0.25) is 5.15 Å². The van der Waals surface area contributed by atoms with E-state index < -0.39 is 5.97 Å². The molecule has 0 spiro atoms. The van der Waals surface area contributed by atoms with E-state index in [4.69, 9.17) is 11.6 Å². The van der Waals surface area contributed by atoms with E-state index >= 15 is 0 Å². The molecule has 0 fully saturated rings. The van der Waals surface area contributed by atoms with Gasteiger partial charge in [0, 0.05) is 9.75 Å². The highest BCUT2D eigenvalue weighted by Crippen LogP contribution is 2.32. The number of rotatable bonds is 4. The first kappa shape index (κ1) is 15.3. The summed E-state index contributed by atoms with van der Waals surface area (Å²) in [5.41, 5.74) is 1.23. The lowest BCUT2D eigenvalue weighted by Gasteiger charge is -2.12. The van der Waals surface area contributed by atoms with E-state index in [9.17, 15) is 4.79 Å². The molecule has 1 N–H and O–H groups in total. The number of esters is 1. The van der Waals surface area contributed by atoms with Crippen LogP contribution < -0.4 is 5.32 Å². The maximum atomic E-state index is 11.5. The second-order valence-corrected chi connectivity index (χ2v) is 7.18. The van der Waals surface area contributed by atoms with Gasteiger partial charge in [-0.25, -0.2) is 9.78 Å². The third-order valence-electron chi connectivity index (χ3n) is 2.84. The lowest BCUT2D eigenvalue weighted by molar-refractivity contribution is 0.0606. The van der Waals surface area contributed by atoms with Gasteiger partial charge >= 0.3 is 5.97 Å². The average molecular weight is 331 g/mol. The van der Waals surface area contributed by atoms with E-state index in [0.717, 1.165) is 0 Å². The molecule has 2 aromatic heterocycles. The number of aryl methyl sites for hydroxylation is 2. The molecule has 0 radical (unpaired) electrons. The van der Waals surface area contributed by atoms with E-state index in [1.54, 1.807) is 11.3 Å². The zero-order valence-corrected chi connectivity index (χ0v) is 14.0. The number of thiophene rings is 1. The molecular formula is C13H15ClN2O2S2. The predicted molar refractivity (Wildman–Crippen MR) is 84.3 cm³/mol. The first-order valence-electron chi connectivity index (χ1n) is 6.00. The number of carbonyl (C=O) groups excluding carboxylic acids is 1. The normalized spacial score (nSPS) is 12.2. The van der Waals surface area contributed by atoms with Crippen LogP contribution in [0.3, 0.4) is 0 Å². The minimum absolute atomic E-state index is 0.104. The molecular weight excluding hydrogens is 316 g/mol. The number of hydrogen-bond acceptors (Lipinski definition) is 6. The number of thiazole rings is 1. The molecule has 0 aliphatic carbocycles. The summed E-state index contributed by atoms with van der Waals surface area (Å²) in [6.07, 6.45) is 0. The van der Waals surface area contributed by atoms with Gasteiger partial charge in [-0.05, 0) is 32.4 Å². The molecule has 0 aliphatic rings. The van der Waals surface area contributed by atoms with Crippen LogP contribution in [0.5, 0.6) is 0 Å². The summed E-state index contributed by atoms with van der Waals surface area (Å²) in [6, 6.07) is 2.27. The summed E-state index contributed by atoms with van der Waals surface area (Å²) >= 11 is 8.91. The number of hydrogen-bond donors (Lipinski definition) is 1. The molecule has 108 valence electrons. The van der Waals surface area contributed by atoms with Crippen LogP contribution in [0, 0.1) is 13.8 Å². The molecule has 0 saturated carbocycles. The summed E-state index contributed by atoms with van der Waals surface area (Å²) in [4.78, 5) is 18.5. The van der Waals surface area contributed by atoms with Gasteiger partial charge < -0.3 is 10.1 Å². The number of anilines is 1. The maximum absolute atomic E-state index is 11.5. The Bertz CT molecular complexity index is 636. The van der Waals surface area contributed by atoms with Gasteiger partial charge in [-0.15, -0.1) is 11.3 Å². The van der Waals surface area contributed by atoms with Gasteiger partial charge in [-0.1, -0.05) is 22.9 Å². The highest BCUT2D eigenvalue weighted by Gasteiger charge is 2.19. The Balaban J connectivity index is 2.18. The van der Waals surface area contributed by atoms with E-state index in [1.807, 2.05) is 0 Å². The molecule has 2 rings (SSSR count). The standard InChI is InChI=1S/C13H15ClN2O2S2/c1-6-5-9(8(3)19-6)7(2)15-13-16-11(14)10(20-13)12(17)18-4/h5,7H,1-4H3,(H,15,16). The van der Waals surface area contributed by atoms with Crippen LogP contribution in [-0.4, -0.2) is 18.1 Å². The number of carbonyl (C=O) groups is 1. The fourth-order valence-electron chi connectivity index (χ4n) is 1.93. The van der Waals surface area contributed by atoms with Crippen molar-refractivity contribution < 1.29 is 9.53 Å². The monoisotopic (exact) mass is 330 g/mol. The van der Waals surface area contributed by atoms with Crippen LogP contribution in [0.1, 0.15) is 38.0 Å². The number of halogens is 1. The molecule has 0 bridgehead atoms. The van der Waals surface area contributed by atoms with Crippen molar-refractivity contribution in [2.45, 2.75) is 26.8 Å². The predicted octanol–water partition coefficient (Wildman–Crippen LogP) is 4.43. The quantitative estimate of drug-likeness (QED) is 0.842. The van der Waals surface area contributed by atoms with E-state index in [1.165, 1.54) is 33.8 Å². The van der Waals surface area contributed by atoms with Crippen LogP contribution in [0.25, 0.3) is 0 Å². The molecule has 4 nitrogen and oxygen atoms in total. The van der Waals surface area contributed by atoms with Gasteiger partial charge in [-0.3, -0.25) is 0 Å². The lowest BCUT2D eigenvalue weighted by atomic mass is 10.1. The van der Waals surface area contributed by atoms with Crippen molar-refractivity contribution in [1.82, 2.24) is 4.98 Å². The van der Waals surface area contributed by atoms with Gasteiger partial charge in [0.05, 0.1) is 13.2 Å². The number of nitrogens with zero attached hydrogens (tertiary/aromatic N) is 1. The summed E-state index contributed by atoms with van der Waals surface area (Å²) in [5.74, 6) is -0.462. The first-order valence-corrected chi connectivity index (χ1v) is 8.01. The van der Waals surface area contributed by atoms with Crippen molar-refractivity contribution in [2.75, 3.05) is 12.4 Å². The molecule has 7 heteroatoms. The van der Waals surface area contributed by atoms with Crippen molar-refractivity contribution in [3.63, 3.8) is 0 Å². The van der Waals surface area contributed by atoms with Gasteiger partial charge in [0.25, 0.3) is 0 Å². The van der Waals surface area contributed by atoms with Crippen LogP contribution in [-0.2, 0) is 4.74 Å². The van der Waals surface area contributed by atoms with E-state index in [2.05, 4.69) is 41.9 Å². The smallest absolute Gasteiger partial charge is 0.351 e. The second kappa shape index (κ2) is 6.11. The Kier molecular flexibility index (Phi) is 4.67. The van der Waals surface area contributed by atoms with Gasteiger partial charge in [-0.2, -0.15) is 0 Å². The van der Waals surface area contributed by atoms with E-state index in [0.29, 0.717) is 10.0 Å². The Morgan fingerprint density at radius 1 is 1.45 bits per heavy atom. The minimum atomic E-state index is -0.462. The zero-order valence-electron chi connectivity index (χ0n) is 11.6. The number of nitrogens with one attached hydrogen (secondary N) is 1.